The molecular formula is C99H112Ir4N12-4. The van der Waals surface area contributed by atoms with Crippen molar-refractivity contribution in [3.8, 4) is 118 Å². The Morgan fingerprint density at radius 2 is 0.704 bits per heavy atom. The van der Waals surface area contributed by atoms with Crippen LogP contribution in [-0.2, 0) is 92.3 Å². The van der Waals surface area contributed by atoms with Gasteiger partial charge in [0.1, 0.15) is 23.3 Å². The molecule has 0 aliphatic heterocycles. The van der Waals surface area contributed by atoms with Crippen molar-refractivity contribution in [2.45, 2.75) is 167 Å². The van der Waals surface area contributed by atoms with Gasteiger partial charge in [-0.25, -0.2) is 0 Å². The first-order valence-electron chi connectivity index (χ1n) is 45.1. The van der Waals surface area contributed by atoms with E-state index < -0.39 is 13.3 Å². The minimum atomic E-state index is -2.51. The fourth-order valence-electron chi connectivity index (χ4n) is 13.2. The monoisotopic (exact) mass is 2250 g/mol. The van der Waals surface area contributed by atoms with Gasteiger partial charge >= 0.3 is 0 Å². The maximum absolute atomic E-state index is 7.93. The van der Waals surface area contributed by atoms with Gasteiger partial charge < -0.3 is 0 Å². The summed E-state index contributed by atoms with van der Waals surface area (Å²) in [5, 5.41) is 17.8. The van der Waals surface area contributed by atoms with Gasteiger partial charge in [0.25, 0.3) is 0 Å². The molecule has 12 nitrogen and oxygen atoms in total. The third-order valence-corrected chi connectivity index (χ3v) is 19.1. The zero-order valence-electron chi connectivity index (χ0n) is 81.1. The summed E-state index contributed by atoms with van der Waals surface area (Å²) in [6.45, 7) is 22.6. The summed E-state index contributed by atoms with van der Waals surface area (Å²) in [7, 11) is 2.50. The van der Waals surface area contributed by atoms with Crippen LogP contribution in [0.3, 0.4) is 0 Å². The number of rotatable bonds is 19. The number of benzene rings is 11. The molecule has 0 aliphatic carbocycles. The molecule has 2 unspecified atom stereocenters. The smallest absolute Gasteiger partial charge is 0.137 e. The summed E-state index contributed by atoms with van der Waals surface area (Å²) in [6, 6.07) is 103. The number of aryl methyl sites for hydroxylation is 5. The second-order valence-electron chi connectivity index (χ2n) is 28.7. The maximum atomic E-state index is 7.93. The molecule has 0 aliphatic rings. The molecule has 115 heavy (non-hydrogen) atoms. The molecule has 15 rings (SSSR count). The first kappa shape index (κ1) is 79.4. The summed E-state index contributed by atoms with van der Waals surface area (Å²) in [4.78, 5) is 18.2. The van der Waals surface area contributed by atoms with Gasteiger partial charge in [-0.05, 0) is 140 Å². The van der Waals surface area contributed by atoms with E-state index in [4.69, 9.17) is 28.5 Å². The van der Waals surface area contributed by atoms with E-state index >= 15 is 0 Å². The molecular weight excluding hydrogens is 2130 g/mol. The number of hydrogen-bond acceptors (Lipinski definition) is 8. The quantitative estimate of drug-likeness (QED) is 0.0734. The van der Waals surface area contributed by atoms with Gasteiger partial charge in [-0.2, -0.15) is 20.4 Å². The van der Waals surface area contributed by atoms with E-state index in [1.807, 2.05) is 102 Å². The molecule has 0 fully saturated rings. The van der Waals surface area contributed by atoms with E-state index in [2.05, 4.69) is 299 Å². The molecule has 4 heterocycles. The Labute approximate surface area is 757 Å². The van der Waals surface area contributed by atoms with Crippen molar-refractivity contribution in [3.05, 3.63) is 320 Å². The van der Waals surface area contributed by atoms with Crippen molar-refractivity contribution < 1.29 is 98.9 Å². The topological polar surface area (TPSA) is 123 Å². The third-order valence-electron chi connectivity index (χ3n) is 19.1. The van der Waals surface area contributed by atoms with Crippen LogP contribution in [0.4, 0.5) is 0 Å². The molecule has 2 atom stereocenters. The van der Waals surface area contributed by atoms with Crippen LogP contribution in [0.5, 0.6) is 0 Å². The number of hydrogen-bond donors (Lipinski definition) is 0. The van der Waals surface area contributed by atoms with Gasteiger partial charge in [0.2, 0.25) is 0 Å². The zero-order chi connectivity index (χ0) is 90.8. The molecule has 0 N–H and O–H groups in total. The SMILES string of the molecule is CCCC(C)n1nc(C)nc1-c1[c-]ccc(-c2ccc(-c3ccccc3)cc2)c1.CCCC(C)n1nc(C)nc1-c1[c-]ccc(-c2ccccc2)c1.Cc1nc(-c2[c-]ccc(-c3ccc(-c4ccc(C(C)(C)C)cc4)cc3)c2)n(-c2ccc(C(C)C)cc2)n1.[2H]C.[2H]C.[2H]C([2H])([2H])c1nc(-c2[c-]ccc(-c3ccccc3)c2)n(C([2H])([2H])C)n1.[2H][2H].[2H][2H].[2H][2H].[Ir].[Ir].[Ir].[Ir]. The van der Waals surface area contributed by atoms with Crippen molar-refractivity contribution in [1.29, 1.82) is 0 Å². The standard InChI is InChI=1S/C34H34N3.C26H26N3.C20H22N3.C17H16N3.2CH4.4Ir.3H2/c1-23(2)25-16-20-32(21-17-25)37-33(35-24(3)36-37)30-9-7-8-29(22-30)28-12-10-26(11-13-28)27-14-18-31(19-15-27)34(4,5)6;1-4-9-19(2)29-26(27-20(3)28-29)25-13-8-12-24(18-25)23-16-14-22(15-17-23)21-10-6-5-7-11-21;1-4-9-15(2)23-20(21-16(3)22-23)19-13-8-12-18(14-19)17-10-6-5-7-11-17;1-3-20-17(18-13(2)19-20)16-11-7-10-15(12-16)14-8-5-4-6-9-14;;;;;;;;;/h7-8,10-23H,1-6H3;5-8,10-12,14-19H,4,9H2,1-3H3;5-8,10-12,14-15H,4,9H2,1-3H3;4-10,12H,3H2,1-2H3;2*1H4;;;;;3*1H/q4*-1;;;;;;;;;/i;;;2D3,3D2;2*1D;;;;;3*1+1D. The van der Waals surface area contributed by atoms with Crippen LogP contribution in [-0.4, -0.2) is 59.1 Å². The van der Waals surface area contributed by atoms with Crippen molar-refractivity contribution in [3.63, 3.8) is 0 Å². The van der Waals surface area contributed by atoms with Crippen molar-refractivity contribution in [1.82, 2.24) is 59.1 Å². The number of nitrogens with zero attached hydrogens (tertiary/aromatic N) is 12. The molecule has 0 amide bonds. The first-order valence-corrected chi connectivity index (χ1v) is 37.6. The normalized spacial score (nSPS) is 12.4. The molecule has 16 heteroatoms. The summed E-state index contributed by atoms with van der Waals surface area (Å²) in [6.07, 6.45) is 4.43. The summed E-state index contributed by atoms with van der Waals surface area (Å²) in [5.74, 6) is 5.19. The average molecular weight is 2250 g/mol. The van der Waals surface area contributed by atoms with Crippen molar-refractivity contribution in [2.24, 2.45) is 0 Å². The van der Waals surface area contributed by atoms with Crippen LogP contribution >= 0.6 is 0 Å². The van der Waals surface area contributed by atoms with Gasteiger partial charge in [0.05, 0.1) is 31.7 Å². The molecule has 0 saturated carbocycles. The van der Waals surface area contributed by atoms with Gasteiger partial charge in [-0.15, -0.1) is 142 Å². The van der Waals surface area contributed by atoms with Crippen LogP contribution in [0.25, 0.3) is 118 Å². The van der Waals surface area contributed by atoms with Crippen LogP contribution < -0.4 is 0 Å². The van der Waals surface area contributed by atoms with Crippen molar-refractivity contribution in [2.75, 3.05) is 0 Å². The molecule has 11 aromatic carbocycles. The second kappa shape index (κ2) is 44.6. The predicted molar refractivity (Wildman–Crippen MR) is 468 cm³/mol. The predicted octanol–water partition coefficient (Wildman–Crippen LogP) is 26.4. The summed E-state index contributed by atoms with van der Waals surface area (Å²) < 4.78 is 86.8. The van der Waals surface area contributed by atoms with E-state index in [1.165, 1.54) is 71.8 Å². The van der Waals surface area contributed by atoms with Gasteiger partial charge in [0, 0.05) is 115 Å². The summed E-state index contributed by atoms with van der Waals surface area (Å²) >= 11 is 0. The molecule has 15 aromatic rings. The van der Waals surface area contributed by atoms with Gasteiger partial charge in [0.15, 0.2) is 0 Å². The Hall–Kier alpha value is -9.42. The zero-order valence-corrected chi connectivity index (χ0v) is 77.7. The second-order valence-corrected chi connectivity index (χ2v) is 28.7. The molecule has 0 spiro atoms. The first-order chi connectivity index (χ1) is 59.7. The molecule has 4 radical (unpaired) electrons. The fraction of sp³-hybridized carbons (Fsp3) is 0.253. The average Bonchev–Trinajstić information content (AvgIpc) is 1.64. The van der Waals surface area contributed by atoms with E-state index in [9.17, 15) is 0 Å². The van der Waals surface area contributed by atoms with Gasteiger partial charge in [-0.1, -0.05) is 252 Å². The molecule has 608 valence electrons. The fourth-order valence-corrected chi connectivity index (χ4v) is 13.2. The van der Waals surface area contributed by atoms with Gasteiger partial charge in [-0.3, -0.25) is 38.7 Å². The van der Waals surface area contributed by atoms with Crippen LogP contribution in [0.1, 0.15) is 181 Å². The minimum absolute atomic E-state index is 0. The van der Waals surface area contributed by atoms with E-state index in [1.54, 1.807) is 12.1 Å². The summed E-state index contributed by atoms with van der Waals surface area (Å²) in [5.41, 5.74) is 21.0. The van der Waals surface area contributed by atoms with E-state index in [-0.39, 0.29) is 97.5 Å². The van der Waals surface area contributed by atoms with Crippen LogP contribution in [0.15, 0.2) is 261 Å². The molecule has 4 aromatic heterocycles. The Morgan fingerprint density at radius 3 is 1.05 bits per heavy atom. The largest absolute Gasteiger partial charge is 0.286 e. The van der Waals surface area contributed by atoms with Crippen LogP contribution in [0.2, 0.25) is 0 Å². The molecule has 0 bridgehead atoms. The Balaban J connectivity index is 0.000000427. The Bertz CT molecular complexity index is 5670. The van der Waals surface area contributed by atoms with E-state index in [0.717, 1.165) is 116 Å². The Morgan fingerprint density at radius 1 is 0.391 bits per heavy atom. The van der Waals surface area contributed by atoms with E-state index in [0.29, 0.717) is 23.6 Å². The third kappa shape index (κ3) is 24.4. The number of aromatic nitrogens is 12. The minimum Gasteiger partial charge on any atom is -0.286 e. The Kier molecular flexibility index (Phi) is 30.8. The maximum Gasteiger partial charge on any atom is 0.137 e. The van der Waals surface area contributed by atoms with Crippen LogP contribution in [0, 0.1) is 51.9 Å². The molecule has 0 saturated heterocycles. The van der Waals surface area contributed by atoms with Crippen molar-refractivity contribution >= 4 is 0 Å².